The first-order valence-corrected chi connectivity index (χ1v) is 6.91. The fraction of sp³-hybridized carbons (Fsp3) is 0.636. The monoisotopic (exact) mass is 291 g/mol. The molecule has 0 bridgehead atoms. The highest BCUT2D eigenvalue weighted by Gasteiger charge is 1.99. The van der Waals surface area contributed by atoms with Crippen LogP contribution in [0.15, 0.2) is 15.9 Å². The Labute approximate surface area is 104 Å². The standard InChI is InChI=1S/C11H18BrNOS/c1-9(2)14-6-3-5-13-8-11-10(12)4-7-15-11/h4,7,9,13H,3,5-6,8H2,1-2H3. The van der Waals surface area contributed by atoms with E-state index >= 15 is 0 Å². The smallest absolute Gasteiger partial charge is 0.0518 e. The van der Waals surface area contributed by atoms with E-state index in [1.54, 1.807) is 11.3 Å². The van der Waals surface area contributed by atoms with Crippen LogP contribution < -0.4 is 5.32 Å². The molecule has 1 aromatic rings. The Bertz CT molecular complexity index is 275. The molecule has 15 heavy (non-hydrogen) atoms. The van der Waals surface area contributed by atoms with Gasteiger partial charge in [0.15, 0.2) is 0 Å². The van der Waals surface area contributed by atoms with Crippen LogP contribution in [-0.2, 0) is 11.3 Å². The number of hydrogen-bond acceptors (Lipinski definition) is 3. The van der Waals surface area contributed by atoms with Gasteiger partial charge in [0.05, 0.1) is 6.10 Å². The zero-order chi connectivity index (χ0) is 11.1. The maximum atomic E-state index is 5.46. The summed E-state index contributed by atoms with van der Waals surface area (Å²) < 4.78 is 6.66. The molecule has 0 radical (unpaired) electrons. The Hall–Kier alpha value is 0.100. The molecule has 2 nitrogen and oxygen atoms in total. The van der Waals surface area contributed by atoms with Crippen molar-refractivity contribution in [3.05, 3.63) is 20.8 Å². The Kier molecular flexibility index (Phi) is 6.48. The molecule has 0 unspecified atom stereocenters. The first-order valence-electron chi connectivity index (χ1n) is 5.24. The summed E-state index contributed by atoms with van der Waals surface area (Å²) in [6.07, 6.45) is 1.41. The average Bonchev–Trinajstić information content (AvgIpc) is 2.57. The summed E-state index contributed by atoms with van der Waals surface area (Å²) in [5.74, 6) is 0. The Morgan fingerprint density at radius 1 is 1.53 bits per heavy atom. The van der Waals surface area contributed by atoms with E-state index in [2.05, 4.69) is 46.5 Å². The second-order valence-electron chi connectivity index (χ2n) is 3.64. The molecule has 1 rings (SSSR count). The van der Waals surface area contributed by atoms with Gasteiger partial charge in [-0.2, -0.15) is 0 Å². The van der Waals surface area contributed by atoms with Crippen molar-refractivity contribution in [2.75, 3.05) is 13.2 Å². The van der Waals surface area contributed by atoms with Crippen molar-refractivity contribution in [2.24, 2.45) is 0 Å². The minimum atomic E-state index is 0.344. The van der Waals surface area contributed by atoms with E-state index in [-0.39, 0.29) is 0 Å². The molecule has 0 saturated carbocycles. The first-order chi connectivity index (χ1) is 7.20. The van der Waals surface area contributed by atoms with Gasteiger partial charge >= 0.3 is 0 Å². The van der Waals surface area contributed by atoms with E-state index in [1.807, 2.05) is 0 Å². The highest BCUT2D eigenvalue weighted by molar-refractivity contribution is 9.10. The lowest BCUT2D eigenvalue weighted by Crippen LogP contribution is -2.16. The fourth-order valence-corrected chi connectivity index (χ4v) is 2.63. The van der Waals surface area contributed by atoms with E-state index in [4.69, 9.17) is 4.74 Å². The SMILES string of the molecule is CC(C)OCCCNCc1sccc1Br. The zero-order valence-electron chi connectivity index (χ0n) is 9.25. The lowest BCUT2D eigenvalue weighted by Gasteiger charge is -2.07. The summed E-state index contributed by atoms with van der Waals surface area (Å²) in [7, 11) is 0. The summed E-state index contributed by atoms with van der Waals surface area (Å²) in [5.41, 5.74) is 0. The van der Waals surface area contributed by atoms with Gasteiger partial charge in [0.1, 0.15) is 0 Å². The summed E-state index contributed by atoms with van der Waals surface area (Å²) in [6, 6.07) is 2.09. The van der Waals surface area contributed by atoms with Gasteiger partial charge in [-0.25, -0.2) is 0 Å². The maximum Gasteiger partial charge on any atom is 0.0518 e. The Balaban J connectivity index is 2.00. The van der Waals surface area contributed by atoms with E-state index in [0.29, 0.717) is 6.10 Å². The van der Waals surface area contributed by atoms with Gasteiger partial charge in [0.2, 0.25) is 0 Å². The number of hydrogen-bond donors (Lipinski definition) is 1. The van der Waals surface area contributed by atoms with Gasteiger partial charge < -0.3 is 10.1 Å². The van der Waals surface area contributed by atoms with Crippen LogP contribution in [0.25, 0.3) is 0 Å². The lowest BCUT2D eigenvalue weighted by atomic mass is 10.4. The van der Waals surface area contributed by atoms with Gasteiger partial charge in [-0.3, -0.25) is 0 Å². The largest absolute Gasteiger partial charge is 0.379 e. The Morgan fingerprint density at radius 3 is 2.93 bits per heavy atom. The zero-order valence-corrected chi connectivity index (χ0v) is 11.7. The van der Waals surface area contributed by atoms with E-state index < -0.39 is 0 Å². The molecule has 0 spiro atoms. The molecule has 0 atom stereocenters. The normalized spacial score (nSPS) is 11.2. The highest BCUT2D eigenvalue weighted by Crippen LogP contribution is 2.21. The lowest BCUT2D eigenvalue weighted by molar-refractivity contribution is 0.0770. The molecule has 86 valence electrons. The van der Waals surface area contributed by atoms with Gasteiger partial charge in [0.25, 0.3) is 0 Å². The second kappa shape index (κ2) is 7.39. The summed E-state index contributed by atoms with van der Waals surface area (Å²) in [6.45, 7) is 6.93. The van der Waals surface area contributed by atoms with Crippen LogP contribution in [0.4, 0.5) is 0 Å². The van der Waals surface area contributed by atoms with Crippen molar-refractivity contribution in [3.63, 3.8) is 0 Å². The van der Waals surface area contributed by atoms with Crippen molar-refractivity contribution >= 4 is 27.3 Å². The average molecular weight is 292 g/mol. The third kappa shape index (κ3) is 5.66. The topological polar surface area (TPSA) is 21.3 Å². The molecule has 0 fully saturated rings. The molecule has 0 saturated heterocycles. The number of rotatable bonds is 7. The molecule has 1 aromatic heterocycles. The van der Waals surface area contributed by atoms with Crippen molar-refractivity contribution in [3.8, 4) is 0 Å². The van der Waals surface area contributed by atoms with Crippen LogP contribution in [0.3, 0.4) is 0 Å². The molecular formula is C11H18BrNOS. The van der Waals surface area contributed by atoms with Crippen molar-refractivity contribution in [1.29, 1.82) is 0 Å². The van der Waals surface area contributed by atoms with Crippen molar-refractivity contribution < 1.29 is 4.74 Å². The minimum absolute atomic E-state index is 0.344. The van der Waals surface area contributed by atoms with Crippen LogP contribution in [-0.4, -0.2) is 19.3 Å². The van der Waals surface area contributed by atoms with Crippen molar-refractivity contribution in [1.82, 2.24) is 5.32 Å². The summed E-state index contributed by atoms with van der Waals surface area (Å²) in [5, 5.41) is 5.50. The van der Waals surface area contributed by atoms with Gasteiger partial charge in [-0.1, -0.05) is 0 Å². The third-order valence-electron chi connectivity index (χ3n) is 1.93. The number of ether oxygens (including phenoxy) is 1. The third-order valence-corrected chi connectivity index (χ3v) is 3.85. The second-order valence-corrected chi connectivity index (χ2v) is 5.50. The molecule has 4 heteroatoms. The summed E-state index contributed by atoms with van der Waals surface area (Å²) >= 11 is 5.29. The molecule has 0 amide bonds. The van der Waals surface area contributed by atoms with E-state index in [0.717, 1.165) is 26.1 Å². The van der Waals surface area contributed by atoms with Crippen LogP contribution >= 0.6 is 27.3 Å². The Morgan fingerprint density at radius 2 is 2.33 bits per heavy atom. The molecule has 0 aromatic carbocycles. The van der Waals surface area contributed by atoms with E-state index in [1.165, 1.54) is 9.35 Å². The molecule has 0 aliphatic rings. The van der Waals surface area contributed by atoms with Gasteiger partial charge in [-0.05, 0) is 54.2 Å². The summed E-state index contributed by atoms with van der Waals surface area (Å²) in [4.78, 5) is 1.36. The predicted octanol–water partition coefficient (Wildman–Crippen LogP) is 3.42. The fourth-order valence-electron chi connectivity index (χ4n) is 1.17. The van der Waals surface area contributed by atoms with Gasteiger partial charge in [0, 0.05) is 22.5 Å². The van der Waals surface area contributed by atoms with Crippen LogP contribution in [0.1, 0.15) is 25.1 Å². The highest BCUT2D eigenvalue weighted by atomic mass is 79.9. The molecule has 1 heterocycles. The molecular weight excluding hydrogens is 274 g/mol. The number of nitrogens with one attached hydrogen (secondary N) is 1. The molecule has 1 N–H and O–H groups in total. The van der Waals surface area contributed by atoms with Crippen LogP contribution in [0.2, 0.25) is 0 Å². The molecule has 0 aliphatic carbocycles. The van der Waals surface area contributed by atoms with Crippen molar-refractivity contribution in [2.45, 2.75) is 32.9 Å². The predicted molar refractivity (Wildman–Crippen MR) is 69.4 cm³/mol. The van der Waals surface area contributed by atoms with Gasteiger partial charge in [-0.15, -0.1) is 11.3 Å². The van der Waals surface area contributed by atoms with E-state index in [9.17, 15) is 0 Å². The molecule has 0 aliphatic heterocycles. The van der Waals surface area contributed by atoms with Crippen LogP contribution in [0.5, 0.6) is 0 Å². The number of halogens is 1. The number of thiophene rings is 1. The minimum Gasteiger partial charge on any atom is -0.379 e. The van der Waals surface area contributed by atoms with Crippen LogP contribution in [0, 0.1) is 0 Å². The maximum absolute atomic E-state index is 5.46. The quantitative estimate of drug-likeness (QED) is 0.778. The first kappa shape index (κ1) is 13.2.